The van der Waals surface area contributed by atoms with Crippen LogP contribution in [0.4, 0.5) is 0 Å². The lowest BCUT2D eigenvalue weighted by atomic mass is 10.1. The summed E-state index contributed by atoms with van der Waals surface area (Å²) in [5.41, 5.74) is 1.10. The molecule has 0 amide bonds. The van der Waals surface area contributed by atoms with Gasteiger partial charge in [-0.15, -0.1) is 6.42 Å². The lowest BCUT2D eigenvalue weighted by Gasteiger charge is -2.10. The highest BCUT2D eigenvalue weighted by atomic mass is 35.5. The second-order valence-electron chi connectivity index (χ2n) is 3.90. The maximum atomic E-state index is 6.10. The number of terminal acetylenes is 1. The number of benzene rings is 1. The van der Waals surface area contributed by atoms with Crippen LogP contribution in [0.2, 0.25) is 10.0 Å². The zero-order valence-corrected chi connectivity index (χ0v) is 12.4. The summed E-state index contributed by atoms with van der Waals surface area (Å²) >= 11 is 12.0. The minimum absolute atomic E-state index is 0.461. The standard InChI is InChI=1S/C14H17Cl2N3/c1-3-8-18-14(17-2)19-9-4-5-11-6-7-12(15)10-13(11)16/h1,6-7,10H,4-5,8-9H2,2H3,(H2,17,18,19). The van der Waals surface area contributed by atoms with Crippen molar-refractivity contribution in [2.24, 2.45) is 4.99 Å². The van der Waals surface area contributed by atoms with Crippen LogP contribution in [-0.4, -0.2) is 26.1 Å². The van der Waals surface area contributed by atoms with E-state index in [-0.39, 0.29) is 0 Å². The van der Waals surface area contributed by atoms with Crippen molar-refractivity contribution in [3.8, 4) is 12.3 Å². The zero-order valence-electron chi connectivity index (χ0n) is 10.8. The van der Waals surface area contributed by atoms with Crippen LogP contribution < -0.4 is 10.6 Å². The highest BCUT2D eigenvalue weighted by Crippen LogP contribution is 2.21. The summed E-state index contributed by atoms with van der Waals surface area (Å²) in [6.07, 6.45) is 7.00. The normalized spacial score (nSPS) is 10.9. The number of aryl methyl sites for hydroxylation is 1. The Hall–Kier alpha value is -1.37. The molecular formula is C14H17Cl2N3. The van der Waals surface area contributed by atoms with Gasteiger partial charge in [0.1, 0.15) is 0 Å². The smallest absolute Gasteiger partial charge is 0.191 e. The average molecular weight is 298 g/mol. The number of halogens is 2. The molecule has 1 rings (SSSR count). The maximum Gasteiger partial charge on any atom is 0.191 e. The van der Waals surface area contributed by atoms with Gasteiger partial charge < -0.3 is 10.6 Å². The van der Waals surface area contributed by atoms with Crippen LogP contribution >= 0.6 is 23.2 Å². The molecule has 0 aliphatic rings. The minimum atomic E-state index is 0.461. The molecule has 0 saturated heterocycles. The van der Waals surface area contributed by atoms with Crippen LogP contribution in [0.25, 0.3) is 0 Å². The molecule has 0 unspecified atom stereocenters. The van der Waals surface area contributed by atoms with E-state index in [1.165, 1.54) is 0 Å². The fourth-order valence-electron chi connectivity index (χ4n) is 1.57. The first-order valence-electron chi connectivity index (χ1n) is 5.99. The second kappa shape index (κ2) is 8.68. The third-order valence-corrected chi connectivity index (χ3v) is 3.10. The number of hydrogen-bond donors (Lipinski definition) is 2. The Morgan fingerprint density at radius 3 is 2.79 bits per heavy atom. The lowest BCUT2D eigenvalue weighted by molar-refractivity contribution is 0.754. The van der Waals surface area contributed by atoms with Gasteiger partial charge in [-0.3, -0.25) is 4.99 Å². The van der Waals surface area contributed by atoms with Crippen LogP contribution in [0.15, 0.2) is 23.2 Å². The number of rotatable bonds is 5. The Bertz CT molecular complexity index is 478. The molecule has 2 N–H and O–H groups in total. The Kier molecular flexibility index (Phi) is 7.17. The molecule has 5 heteroatoms. The second-order valence-corrected chi connectivity index (χ2v) is 4.74. The number of guanidine groups is 1. The van der Waals surface area contributed by atoms with Crippen molar-refractivity contribution in [3.05, 3.63) is 33.8 Å². The number of hydrogen-bond acceptors (Lipinski definition) is 1. The third kappa shape index (κ3) is 5.87. The molecule has 0 aromatic heterocycles. The van der Waals surface area contributed by atoms with Crippen LogP contribution in [0.3, 0.4) is 0 Å². The number of nitrogens with one attached hydrogen (secondary N) is 2. The van der Waals surface area contributed by atoms with Crippen LogP contribution in [0.1, 0.15) is 12.0 Å². The van der Waals surface area contributed by atoms with Gasteiger partial charge in [-0.25, -0.2) is 0 Å². The van der Waals surface area contributed by atoms with E-state index in [2.05, 4.69) is 21.5 Å². The summed E-state index contributed by atoms with van der Waals surface area (Å²) < 4.78 is 0. The van der Waals surface area contributed by atoms with Gasteiger partial charge in [0.25, 0.3) is 0 Å². The summed E-state index contributed by atoms with van der Waals surface area (Å²) in [5.74, 6) is 3.21. The first kappa shape index (κ1) is 15.7. The van der Waals surface area contributed by atoms with Crippen LogP contribution in [0, 0.1) is 12.3 Å². The van der Waals surface area contributed by atoms with E-state index in [0.29, 0.717) is 22.5 Å². The minimum Gasteiger partial charge on any atom is -0.356 e. The van der Waals surface area contributed by atoms with Gasteiger partial charge in [-0.05, 0) is 30.5 Å². The van der Waals surface area contributed by atoms with Crippen molar-refractivity contribution in [1.82, 2.24) is 10.6 Å². The van der Waals surface area contributed by atoms with E-state index < -0.39 is 0 Å². The van der Waals surface area contributed by atoms with Gasteiger partial charge in [0.15, 0.2) is 5.96 Å². The molecule has 0 saturated carbocycles. The monoisotopic (exact) mass is 297 g/mol. The molecule has 3 nitrogen and oxygen atoms in total. The summed E-state index contributed by atoms with van der Waals surface area (Å²) in [5, 5.41) is 7.54. The Balaban J connectivity index is 2.32. The summed E-state index contributed by atoms with van der Waals surface area (Å²) in [6.45, 7) is 1.26. The fourth-order valence-corrected chi connectivity index (χ4v) is 2.07. The van der Waals surface area contributed by atoms with Gasteiger partial charge in [-0.1, -0.05) is 35.2 Å². The van der Waals surface area contributed by atoms with Crippen molar-refractivity contribution in [2.45, 2.75) is 12.8 Å². The van der Waals surface area contributed by atoms with E-state index in [0.717, 1.165) is 24.9 Å². The van der Waals surface area contributed by atoms with Crippen molar-refractivity contribution >= 4 is 29.2 Å². The predicted octanol–water partition coefficient (Wildman–Crippen LogP) is 2.72. The van der Waals surface area contributed by atoms with Gasteiger partial charge in [0.05, 0.1) is 6.54 Å². The quantitative estimate of drug-likeness (QED) is 0.379. The fraction of sp³-hybridized carbons (Fsp3) is 0.357. The Labute approximate surface area is 124 Å². The van der Waals surface area contributed by atoms with E-state index >= 15 is 0 Å². The highest BCUT2D eigenvalue weighted by Gasteiger charge is 2.01. The largest absolute Gasteiger partial charge is 0.356 e. The molecule has 0 radical (unpaired) electrons. The molecule has 0 aliphatic carbocycles. The number of aliphatic imine (C=N–C) groups is 1. The molecule has 0 spiro atoms. The first-order chi connectivity index (χ1) is 9.17. The van der Waals surface area contributed by atoms with Crippen molar-refractivity contribution < 1.29 is 0 Å². The Morgan fingerprint density at radius 1 is 1.37 bits per heavy atom. The summed E-state index contributed by atoms with van der Waals surface area (Å²) in [6, 6.07) is 5.57. The lowest BCUT2D eigenvalue weighted by Crippen LogP contribution is -2.37. The zero-order chi connectivity index (χ0) is 14.1. The third-order valence-electron chi connectivity index (χ3n) is 2.51. The Morgan fingerprint density at radius 2 is 2.16 bits per heavy atom. The molecule has 0 bridgehead atoms. The van der Waals surface area contributed by atoms with Gasteiger partial charge >= 0.3 is 0 Å². The van der Waals surface area contributed by atoms with Crippen molar-refractivity contribution in [3.63, 3.8) is 0 Å². The molecule has 1 aromatic carbocycles. The van der Waals surface area contributed by atoms with Crippen LogP contribution in [-0.2, 0) is 6.42 Å². The van der Waals surface area contributed by atoms with E-state index in [1.54, 1.807) is 13.1 Å². The predicted molar refractivity (Wildman–Crippen MR) is 83.0 cm³/mol. The molecule has 102 valence electrons. The van der Waals surface area contributed by atoms with Crippen molar-refractivity contribution in [1.29, 1.82) is 0 Å². The van der Waals surface area contributed by atoms with Gasteiger partial charge in [0, 0.05) is 23.6 Å². The molecule has 0 atom stereocenters. The SMILES string of the molecule is C#CCNC(=NC)NCCCc1ccc(Cl)cc1Cl. The van der Waals surface area contributed by atoms with Gasteiger partial charge in [0.2, 0.25) is 0 Å². The maximum absolute atomic E-state index is 6.10. The molecule has 0 heterocycles. The van der Waals surface area contributed by atoms with Gasteiger partial charge in [-0.2, -0.15) is 0 Å². The van der Waals surface area contributed by atoms with Crippen LogP contribution in [0.5, 0.6) is 0 Å². The van der Waals surface area contributed by atoms with E-state index in [4.69, 9.17) is 29.6 Å². The molecular weight excluding hydrogens is 281 g/mol. The van der Waals surface area contributed by atoms with Crippen molar-refractivity contribution in [2.75, 3.05) is 20.1 Å². The topological polar surface area (TPSA) is 36.4 Å². The molecule has 0 fully saturated rings. The highest BCUT2D eigenvalue weighted by molar-refractivity contribution is 6.35. The molecule has 0 aliphatic heterocycles. The van der Waals surface area contributed by atoms with E-state index in [9.17, 15) is 0 Å². The first-order valence-corrected chi connectivity index (χ1v) is 6.75. The number of nitrogens with zero attached hydrogens (tertiary/aromatic N) is 1. The molecule has 1 aromatic rings. The molecule has 19 heavy (non-hydrogen) atoms. The average Bonchev–Trinajstić information content (AvgIpc) is 2.40. The van der Waals surface area contributed by atoms with E-state index in [1.807, 2.05) is 12.1 Å². The summed E-state index contributed by atoms with van der Waals surface area (Å²) in [4.78, 5) is 4.05. The summed E-state index contributed by atoms with van der Waals surface area (Å²) in [7, 11) is 1.71.